The van der Waals surface area contributed by atoms with Gasteiger partial charge in [0.05, 0.1) is 22.5 Å². The molecule has 0 spiro atoms. The maximum Gasteiger partial charge on any atom is 0.296 e. The van der Waals surface area contributed by atoms with Gasteiger partial charge in [-0.25, -0.2) is 4.98 Å². The highest BCUT2D eigenvalue weighted by Crippen LogP contribution is 2.33. The molecule has 0 radical (unpaired) electrons. The third kappa shape index (κ3) is 3.65. The van der Waals surface area contributed by atoms with Gasteiger partial charge < -0.3 is 4.42 Å². The number of hydrogen-bond acceptors (Lipinski definition) is 5. The fourth-order valence-corrected chi connectivity index (χ4v) is 4.36. The molecular weight excluding hydrogens is 426 g/mol. The van der Waals surface area contributed by atoms with E-state index in [1.807, 2.05) is 25.1 Å². The lowest BCUT2D eigenvalue weighted by molar-refractivity contribution is 0.0957. The van der Waals surface area contributed by atoms with Crippen molar-refractivity contribution in [2.75, 3.05) is 4.90 Å². The molecule has 27 heavy (non-hydrogen) atoms. The van der Waals surface area contributed by atoms with Crippen molar-refractivity contribution in [2.24, 2.45) is 0 Å². The van der Waals surface area contributed by atoms with Crippen molar-refractivity contribution in [2.45, 2.75) is 20.4 Å². The third-order valence-electron chi connectivity index (χ3n) is 4.12. The summed E-state index contributed by atoms with van der Waals surface area (Å²) in [5.41, 5.74) is 3.97. The first-order valence-electron chi connectivity index (χ1n) is 8.36. The van der Waals surface area contributed by atoms with Gasteiger partial charge in [0.15, 0.2) is 15.6 Å². The number of hydrogen-bond donors (Lipinski definition) is 0. The van der Waals surface area contributed by atoms with Crippen LogP contribution in [0.3, 0.4) is 0 Å². The van der Waals surface area contributed by atoms with Gasteiger partial charge in [0.2, 0.25) is 0 Å². The minimum atomic E-state index is -0.250. The molecule has 7 heteroatoms. The van der Waals surface area contributed by atoms with Crippen LogP contribution in [0.15, 0.2) is 57.7 Å². The number of thiazole rings is 1. The molecule has 5 nitrogen and oxygen atoms in total. The van der Waals surface area contributed by atoms with Crippen molar-refractivity contribution in [3.8, 4) is 0 Å². The average molecular weight is 442 g/mol. The van der Waals surface area contributed by atoms with E-state index in [1.54, 1.807) is 23.2 Å². The highest BCUT2D eigenvalue weighted by molar-refractivity contribution is 9.10. The number of carbonyl (C=O) groups excluding carboxylic acids is 1. The molecule has 0 bridgehead atoms. The van der Waals surface area contributed by atoms with Gasteiger partial charge in [-0.15, -0.1) is 0 Å². The van der Waals surface area contributed by atoms with E-state index in [-0.39, 0.29) is 11.7 Å². The predicted octanol–water partition coefficient (Wildman–Crippen LogP) is 5.51. The summed E-state index contributed by atoms with van der Waals surface area (Å²) in [4.78, 5) is 23.9. The van der Waals surface area contributed by atoms with Crippen LogP contribution < -0.4 is 4.90 Å². The third-order valence-corrected chi connectivity index (χ3v) is 5.58. The Kier molecular flexibility index (Phi) is 4.80. The summed E-state index contributed by atoms with van der Waals surface area (Å²) in [5.74, 6) is 0.00440. The van der Waals surface area contributed by atoms with Crippen molar-refractivity contribution in [3.05, 3.63) is 75.9 Å². The van der Waals surface area contributed by atoms with Crippen LogP contribution in [-0.2, 0) is 6.54 Å². The largest absolute Gasteiger partial charge is 0.444 e. The van der Waals surface area contributed by atoms with Crippen molar-refractivity contribution >= 4 is 48.5 Å². The lowest BCUT2D eigenvalue weighted by atomic mass is 10.1. The second-order valence-corrected chi connectivity index (χ2v) is 8.03. The monoisotopic (exact) mass is 441 g/mol. The number of furan rings is 1. The molecule has 4 aromatic rings. The van der Waals surface area contributed by atoms with Crippen LogP contribution in [0, 0.1) is 13.8 Å². The molecule has 0 saturated heterocycles. The Bertz CT molecular complexity index is 1120. The summed E-state index contributed by atoms with van der Waals surface area (Å²) in [6, 6.07) is 13.2. The summed E-state index contributed by atoms with van der Waals surface area (Å²) in [6.07, 6.45) is 1.72. The van der Waals surface area contributed by atoms with Crippen LogP contribution in [0.25, 0.3) is 10.2 Å². The van der Waals surface area contributed by atoms with Crippen LogP contribution in [0.5, 0.6) is 0 Å². The molecule has 1 amide bonds. The number of halogens is 1. The van der Waals surface area contributed by atoms with E-state index in [0.29, 0.717) is 16.3 Å². The van der Waals surface area contributed by atoms with Crippen LogP contribution in [-0.4, -0.2) is 15.9 Å². The summed E-state index contributed by atoms with van der Waals surface area (Å²) < 4.78 is 7.05. The highest BCUT2D eigenvalue weighted by Gasteiger charge is 2.25. The molecule has 1 aromatic carbocycles. The summed E-state index contributed by atoms with van der Waals surface area (Å²) in [7, 11) is 0. The van der Waals surface area contributed by atoms with Crippen LogP contribution >= 0.6 is 27.3 Å². The van der Waals surface area contributed by atoms with Gasteiger partial charge >= 0.3 is 0 Å². The molecule has 136 valence electrons. The second kappa shape index (κ2) is 7.25. The highest BCUT2D eigenvalue weighted by atomic mass is 79.9. The predicted molar refractivity (Wildman–Crippen MR) is 110 cm³/mol. The molecule has 0 aliphatic rings. The zero-order valence-corrected chi connectivity index (χ0v) is 17.2. The minimum Gasteiger partial charge on any atom is -0.444 e. The summed E-state index contributed by atoms with van der Waals surface area (Å²) in [6.45, 7) is 4.41. The van der Waals surface area contributed by atoms with Crippen molar-refractivity contribution in [1.29, 1.82) is 0 Å². The number of benzene rings is 1. The van der Waals surface area contributed by atoms with Crippen LogP contribution in [0.1, 0.15) is 27.4 Å². The summed E-state index contributed by atoms with van der Waals surface area (Å²) in [5, 5.41) is 0.627. The molecule has 0 saturated carbocycles. The molecule has 4 rings (SSSR count). The van der Waals surface area contributed by atoms with Crippen molar-refractivity contribution in [1.82, 2.24) is 9.97 Å². The minimum absolute atomic E-state index is 0.250. The number of carbonyl (C=O) groups is 1. The molecule has 0 fully saturated rings. The topological polar surface area (TPSA) is 59.2 Å². The second-order valence-electron chi connectivity index (χ2n) is 6.24. The number of fused-ring (bicyclic) bond motifs is 1. The zero-order valence-electron chi connectivity index (χ0n) is 14.8. The molecule has 3 aromatic heterocycles. The average Bonchev–Trinajstić information content (AvgIpc) is 3.26. The SMILES string of the molecule is Cc1cc(C)c2nc(N(Cc3ccccn3)C(=O)c3ccc(Br)o3)sc2c1. The Morgan fingerprint density at radius 1 is 1.22 bits per heavy atom. The molecular formula is C20H16BrN3O2S. The molecule has 3 heterocycles. The first-order valence-corrected chi connectivity index (χ1v) is 9.97. The first-order chi connectivity index (χ1) is 13.0. The van der Waals surface area contributed by atoms with E-state index >= 15 is 0 Å². The van der Waals surface area contributed by atoms with Gasteiger partial charge in [0.25, 0.3) is 5.91 Å². The molecule has 0 N–H and O–H groups in total. The van der Waals surface area contributed by atoms with Crippen molar-refractivity contribution in [3.63, 3.8) is 0 Å². The Labute approximate surface area is 168 Å². The maximum atomic E-state index is 13.1. The number of amides is 1. The number of rotatable bonds is 4. The van der Waals surface area contributed by atoms with Gasteiger partial charge in [0.1, 0.15) is 0 Å². The van der Waals surface area contributed by atoms with E-state index in [0.717, 1.165) is 21.5 Å². The van der Waals surface area contributed by atoms with E-state index in [1.165, 1.54) is 16.9 Å². The van der Waals surface area contributed by atoms with Gasteiger partial charge in [-0.1, -0.05) is 23.5 Å². The standard InChI is InChI=1S/C20H16BrN3O2S/c1-12-9-13(2)18-16(10-12)27-20(23-18)24(11-14-5-3-4-8-22-14)19(25)15-6-7-17(21)26-15/h3-10H,11H2,1-2H3. The van der Waals surface area contributed by atoms with E-state index in [9.17, 15) is 4.79 Å². The van der Waals surface area contributed by atoms with Gasteiger partial charge in [0, 0.05) is 6.20 Å². The number of pyridine rings is 1. The zero-order chi connectivity index (χ0) is 19.0. The number of anilines is 1. The number of aryl methyl sites for hydroxylation is 2. The van der Waals surface area contributed by atoms with Crippen LogP contribution in [0.2, 0.25) is 0 Å². The first kappa shape index (κ1) is 17.9. The summed E-state index contributed by atoms with van der Waals surface area (Å²) >= 11 is 4.75. The van der Waals surface area contributed by atoms with E-state index < -0.39 is 0 Å². The lowest BCUT2D eigenvalue weighted by Gasteiger charge is -2.18. The Morgan fingerprint density at radius 3 is 2.78 bits per heavy atom. The molecule has 0 atom stereocenters. The Hall–Kier alpha value is -2.51. The quantitative estimate of drug-likeness (QED) is 0.418. The van der Waals surface area contributed by atoms with Gasteiger partial charge in [-0.2, -0.15) is 0 Å². The van der Waals surface area contributed by atoms with E-state index in [4.69, 9.17) is 9.40 Å². The molecule has 0 aliphatic heterocycles. The fraction of sp³-hybridized carbons (Fsp3) is 0.150. The van der Waals surface area contributed by atoms with Crippen molar-refractivity contribution < 1.29 is 9.21 Å². The molecule has 0 unspecified atom stereocenters. The Morgan fingerprint density at radius 2 is 2.07 bits per heavy atom. The number of aromatic nitrogens is 2. The lowest BCUT2D eigenvalue weighted by Crippen LogP contribution is -2.30. The fourth-order valence-electron chi connectivity index (χ4n) is 2.92. The normalized spacial score (nSPS) is 11.1. The van der Waals surface area contributed by atoms with Gasteiger partial charge in [-0.3, -0.25) is 14.7 Å². The van der Waals surface area contributed by atoms with Gasteiger partial charge in [-0.05, 0) is 71.2 Å². The molecule has 0 aliphatic carbocycles. The van der Waals surface area contributed by atoms with Crippen LogP contribution in [0.4, 0.5) is 5.13 Å². The maximum absolute atomic E-state index is 13.1. The smallest absolute Gasteiger partial charge is 0.296 e. The Balaban J connectivity index is 1.79. The number of nitrogens with zero attached hydrogens (tertiary/aromatic N) is 3. The van der Waals surface area contributed by atoms with E-state index in [2.05, 4.69) is 40.0 Å².